The molecule has 18 heavy (non-hydrogen) atoms. The van der Waals surface area contributed by atoms with Crippen molar-refractivity contribution in [3.63, 3.8) is 0 Å². The smallest absolute Gasteiger partial charge is 0.159 e. The summed E-state index contributed by atoms with van der Waals surface area (Å²) in [5, 5.41) is 0. The third-order valence-electron chi connectivity index (χ3n) is 3.85. The van der Waals surface area contributed by atoms with Crippen LogP contribution in [0.15, 0.2) is 18.2 Å². The van der Waals surface area contributed by atoms with E-state index in [-0.39, 0.29) is 12.3 Å². The molecule has 1 unspecified atom stereocenters. The fourth-order valence-electron chi connectivity index (χ4n) is 2.93. The second-order valence-electron chi connectivity index (χ2n) is 5.33. The van der Waals surface area contributed by atoms with E-state index in [1.807, 2.05) is 0 Å². The Morgan fingerprint density at radius 3 is 2.78 bits per heavy atom. The van der Waals surface area contributed by atoms with E-state index in [9.17, 15) is 0 Å². The standard InChI is InChI=1S/C15H21NO2/c16-14(10-15-17-6-7-18-15)9-11-4-5-12-2-1-3-13(12)8-11/h4-5,8,14-15H,1-3,6-7,9-10,16H2. The third-order valence-corrected chi connectivity index (χ3v) is 3.85. The quantitative estimate of drug-likeness (QED) is 0.882. The summed E-state index contributed by atoms with van der Waals surface area (Å²) >= 11 is 0. The molecule has 1 atom stereocenters. The van der Waals surface area contributed by atoms with E-state index in [2.05, 4.69) is 18.2 Å². The first-order valence-electron chi connectivity index (χ1n) is 6.91. The highest BCUT2D eigenvalue weighted by molar-refractivity contribution is 5.35. The van der Waals surface area contributed by atoms with Gasteiger partial charge in [0.2, 0.25) is 0 Å². The maximum atomic E-state index is 6.17. The van der Waals surface area contributed by atoms with Gasteiger partial charge in [-0.05, 0) is 42.4 Å². The number of aryl methyl sites for hydroxylation is 2. The number of hydrogen-bond donors (Lipinski definition) is 1. The van der Waals surface area contributed by atoms with E-state index in [4.69, 9.17) is 15.2 Å². The highest BCUT2D eigenvalue weighted by Crippen LogP contribution is 2.23. The maximum Gasteiger partial charge on any atom is 0.159 e. The minimum atomic E-state index is -0.0885. The van der Waals surface area contributed by atoms with Crippen molar-refractivity contribution in [3.05, 3.63) is 34.9 Å². The van der Waals surface area contributed by atoms with Crippen LogP contribution < -0.4 is 5.73 Å². The van der Waals surface area contributed by atoms with Crippen molar-refractivity contribution in [2.45, 2.75) is 44.4 Å². The predicted octanol–water partition coefficient (Wildman–Crippen LogP) is 1.81. The molecule has 1 aliphatic carbocycles. The first-order chi connectivity index (χ1) is 8.81. The van der Waals surface area contributed by atoms with Crippen LogP contribution in [0.5, 0.6) is 0 Å². The van der Waals surface area contributed by atoms with Crippen LogP contribution in [0.25, 0.3) is 0 Å². The number of ether oxygens (including phenoxy) is 2. The van der Waals surface area contributed by atoms with Gasteiger partial charge in [-0.25, -0.2) is 0 Å². The van der Waals surface area contributed by atoms with Crippen molar-refractivity contribution in [2.24, 2.45) is 5.73 Å². The summed E-state index contributed by atoms with van der Waals surface area (Å²) < 4.78 is 10.9. The molecule has 3 heteroatoms. The minimum absolute atomic E-state index is 0.0885. The molecule has 0 saturated carbocycles. The maximum absolute atomic E-state index is 6.17. The molecule has 3 nitrogen and oxygen atoms in total. The Morgan fingerprint density at radius 1 is 1.17 bits per heavy atom. The molecule has 2 N–H and O–H groups in total. The Balaban J connectivity index is 1.58. The van der Waals surface area contributed by atoms with Crippen LogP contribution in [0, 0.1) is 0 Å². The molecule has 1 aromatic rings. The van der Waals surface area contributed by atoms with Crippen LogP contribution in [0.1, 0.15) is 29.5 Å². The van der Waals surface area contributed by atoms with Gasteiger partial charge in [0.1, 0.15) is 0 Å². The summed E-state index contributed by atoms with van der Waals surface area (Å²) in [5.41, 5.74) is 10.6. The number of rotatable bonds is 4. The molecule has 98 valence electrons. The third kappa shape index (κ3) is 2.74. The Hall–Kier alpha value is -0.900. The molecule has 1 aromatic carbocycles. The van der Waals surface area contributed by atoms with Crippen LogP contribution >= 0.6 is 0 Å². The van der Waals surface area contributed by atoms with Gasteiger partial charge in [-0.15, -0.1) is 0 Å². The largest absolute Gasteiger partial charge is 0.350 e. The molecular formula is C15H21NO2. The molecule has 1 saturated heterocycles. The summed E-state index contributed by atoms with van der Waals surface area (Å²) in [4.78, 5) is 0. The lowest BCUT2D eigenvalue weighted by atomic mass is 10.00. The average Bonchev–Trinajstić information content (AvgIpc) is 2.98. The Bertz CT molecular complexity index is 413. The Morgan fingerprint density at radius 2 is 1.94 bits per heavy atom. The topological polar surface area (TPSA) is 44.5 Å². The predicted molar refractivity (Wildman–Crippen MR) is 70.5 cm³/mol. The molecule has 3 rings (SSSR count). The minimum Gasteiger partial charge on any atom is -0.350 e. The average molecular weight is 247 g/mol. The SMILES string of the molecule is NC(Cc1ccc2c(c1)CCC2)CC1OCCO1. The van der Waals surface area contributed by atoms with Crippen molar-refractivity contribution in [1.29, 1.82) is 0 Å². The number of benzene rings is 1. The second kappa shape index (κ2) is 5.39. The monoisotopic (exact) mass is 247 g/mol. The van der Waals surface area contributed by atoms with E-state index in [0.717, 1.165) is 12.8 Å². The molecule has 1 heterocycles. The normalized spacial score (nSPS) is 21.2. The molecule has 0 radical (unpaired) electrons. The molecule has 0 amide bonds. The first kappa shape index (κ1) is 12.2. The van der Waals surface area contributed by atoms with Crippen molar-refractivity contribution in [2.75, 3.05) is 13.2 Å². The van der Waals surface area contributed by atoms with E-state index in [1.165, 1.54) is 36.0 Å². The van der Waals surface area contributed by atoms with E-state index < -0.39 is 0 Å². The van der Waals surface area contributed by atoms with Crippen LogP contribution in [0.2, 0.25) is 0 Å². The van der Waals surface area contributed by atoms with Crippen molar-refractivity contribution < 1.29 is 9.47 Å². The Kier molecular flexibility index (Phi) is 3.64. The van der Waals surface area contributed by atoms with Gasteiger partial charge in [-0.1, -0.05) is 18.2 Å². The zero-order valence-corrected chi connectivity index (χ0v) is 10.7. The van der Waals surface area contributed by atoms with Crippen molar-refractivity contribution >= 4 is 0 Å². The summed E-state index contributed by atoms with van der Waals surface area (Å²) in [6, 6.07) is 6.94. The van der Waals surface area contributed by atoms with E-state index in [1.54, 1.807) is 0 Å². The lowest BCUT2D eigenvalue weighted by Crippen LogP contribution is -2.28. The van der Waals surface area contributed by atoms with Gasteiger partial charge in [-0.2, -0.15) is 0 Å². The summed E-state index contributed by atoms with van der Waals surface area (Å²) in [6.07, 6.45) is 5.38. The van der Waals surface area contributed by atoms with Crippen molar-refractivity contribution in [3.8, 4) is 0 Å². The molecule has 0 aromatic heterocycles. The van der Waals surface area contributed by atoms with Gasteiger partial charge in [0.15, 0.2) is 6.29 Å². The van der Waals surface area contributed by atoms with Gasteiger partial charge < -0.3 is 15.2 Å². The molecule has 0 bridgehead atoms. The molecule has 1 aliphatic heterocycles. The fraction of sp³-hybridized carbons (Fsp3) is 0.600. The number of hydrogen-bond acceptors (Lipinski definition) is 3. The number of nitrogens with two attached hydrogens (primary N) is 1. The lowest BCUT2D eigenvalue weighted by Gasteiger charge is -2.16. The second-order valence-corrected chi connectivity index (χ2v) is 5.33. The van der Waals surface area contributed by atoms with Gasteiger partial charge in [0, 0.05) is 12.5 Å². The van der Waals surface area contributed by atoms with Crippen LogP contribution in [-0.2, 0) is 28.7 Å². The summed E-state index contributed by atoms with van der Waals surface area (Å²) in [6.45, 7) is 1.41. The molecule has 0 spiro atoms. The van der Waals surface area contributed by atoms with Crippen LogP contribution in [0.4, 0.5) is 0 Å². The van der Waals surface area contributed by atoms with Crippen molar-refractivity contribution in [1.82, 2.24) is 0 Å². The Labute approximate surface area is 108 Å². The van der Waals surface area contributed by atoms with Crippen LogP contribution in [-0.4, -0.2) is 25.5 Å². The fourth-order valence-corrected chi connectivity index (χ4v) is 2.93. The lowest BCUT2D eigenvalue weighted by molar-refractivity contribution is -0.0504. The van der Waals surface area contributed by atoms with Gasteiger partial charge in [0.05, 0.1) is 13.2 Å². The summed E-state index contributed by atoms with van der Waals surface area (Å²) in [7, 11) is 0. The van der Waals surface area contributed by atoms with Gasteiger partial charge in [-0.3, -0.25) is 0 Å². The van der Waals surface area contributed by atoms with Gasteiger partial charge >= 0.3 is 0 Å². The van der Waals surface area contributed by atoms with Gasteiger partial charge in [0.25, 0.3) is 0 Å². The molecular weight excluding hydrogens is 226 g/mol. The number of fused-ring (bicyclic) bond motifs is 1. The summed E-state index contributed by atoms with van der Waals surface area (Å²) in [5.74, 6) is 0. The zero-order chi connectivity index (χ0) is 12.4. The zero-order valence-electron chi connectivity index (χ0n) is 10.7. The van der Waals surface area contributed by atoms with E-state index >= 15 is 0 Å². The first-order valence-corrected chi connectivity index (χ1v) is 6.91. The molecule has 1 fully saturated rings. The van der Waals surface area contributed by atoms with Crippen LogP contribution in [0.3, 0.4) is 0 Å². The highest BCUT2D eigenvalue weighted by Gasteiger charge is 2.20. The molecule has 2 aliphatic rings. The van der Waals surface area contributed by atoms with E-state index in [0.29, 0.717) is 13.2 Å². The highest BCUT2D eigenvalue weighted by atomic mass is 16.7.